The van der Waals surface area contributed by atoms with Gasteiger partial charge in [0.25, 0.3) is 0 Å². The normalized spacial score (nSPS) is 10.2. The van der Waals surface area contributed by atoms with E-state index < -0.39 is 0 Å². The Hall–Kier alpha value is -1.87. The van der Waals surface area contributed by atoms with Gasteiger partial charge in [0.2, 0.25) is 0 Å². The maximum absolute atomic E-state index is 12.2. The number of nitrogen functional groups attached to an aromatic ring is 1. The van der Waals surface area contributed by atoms with Crippen LogP contribution in [-0.4, -0.2) is 10.8 Å². The van der Waals surface area contributed by atoms with Gasteiger partial charge in [-0.1, -0.05) is 35.4 Å². The van der Waals surface area contributed by atoms with Crippen LogP contribution < -0.4 is 5.73 Å². The maximum Gasteiger partial charge on any atom is 0.196 e. The fourth-order valence-corrected chi connectivity index (χ4v) is 1.73. The smallest absolute Gasteiger partial charge is 0.196 e. The Balaban J connectivity index is 2.47. The number of nitrogens with two attached hydrogens (primary N) is 1. The lowest BCUT2D eigenvalue weighted by molar-refractivity contribution is 0.103. The zero-order chi connectivity index (χ0) is 12.4. The van der Waals surface area contributed by atoms with Crippen molar-refractivity contribution in [2.24, 2.45) is 0 Å². The molecule has 3 nitrogen and oxygen atoms in total. The first-order chi connectivity index (χ1) is 8.08. The number of benzene rings is 1. The molecular weight excluding hydrogens is 236 g/mol. The second kappa shape index (κ2) is 4.55. The van der Waals surface area contributed by atoms with Crippen molar-refractivity contribution in [2.75, 3.05) is 5.73 Å². The molecule has 1 aromatic heterocycles. The lowest BCUT2D eigenvalue weighted by atomic mass is 10.0. The highest BCUT2D eigenvalue weighted by Gasteiger charge is 2.13. The van der Waals surface area contributed by atoms with Crippen LogP contribution in [0.15, 0.2) is 36.5 Å². The van der Waals surface area contributed by atoms with Crippen LogP contribution in [0.1, 0.15) is 21.5 Å². The minimum absolute atomic E-state index is 0.166. The number of aryl methyl sites for hydroxylation is 1. The van der Waals surface area contributed by atoms with Gasteiger partial charge in [0.05, 0.1) is 10.6 Å². The van der Waals surface area contributed by atoms with E-state index in [0.717, 1.165) is 5.56 Å². The van der Waals surface area contributed by atoms with Gasteiger partial charge < -0.3 is 5.73 Å². The lowest BCUT2D eigenvalue weighted by Crippen LogP contribution is -2.07. The molecule has 0 spiro atoms. The van der Waals surface area contributed by atoms with Crippen LogP contribution in [0.2, 0.25) is 5.02 Å². The molecule has 0 amide bonds. The van der Waals surface area contributed by atoms with E-state index in [9.17, 15) is 4.79 Å². The molecule has 0 unspecified atom stereocenters. The zero-order valence-electron chi connectivity index (χ0n) is 9.27. The van der Waals surface area contributed by atoms with Crippen LogP contribution in [0, 0.1) is 6.92 Å². The third-order valence-electron chi connectivity index (χ3n) is 2.41. The SMILES string of the molecule is Cc1cccc(C(=O)c2cc(Cl)cnc2N)c1. The molecule has 1 heterocycles. The Morgan fingerprint density at radius 3 is 2.82 bits per heavy atom. The van der Waals surface area contributed by atoms with Gasteiger partial charge >= 0.3 is 0 Å². The van der Waals surface area contributed by atoms with Gasteiger partial charge in [0.15, 0.2) is 5.78 Å². The lowest BCUT2D eigenvalue weighted by Gasteiger charge is -2.05. The summed E-state index contributed by atoms with van der Waals surface area (Å²) in [7, 11) is 0. The van der Waals surface area contributed by atoms with Crippen molar-refractivity contribution in [2.45, 2.75) is 6.92 Å². The number of nitrogens with zero attached hydrogens (tertiary/aromatic N) is 1. The number of hydrogen-bond donors (Lipinski definition) is 1. The Morgan fingerprint density at radius 1 is 1.35 bits per heavy atom. The van der Waals surface area contributed by atoms with E-state index in [1.165, 1.54) is 12.3 Å². The topological polar surface area (TPSA) is 56.0 Å². The summed E-state index contributed by atoms with van der Waals surface area (Å²) in [6.45, 7) is 1.93. The van der Waals surface area contributed by atoms with Crippen LogP contribution in [0.3, 0.4) is 0 Å². The average molecular weight is 247 g/mol. The molecule has 2 N–H and O–H groups in total. The molecule has 1 aromatic carbocycles. The monoisotopic (exact) mass is 246 g/mol. The van der Waals surface area contributed by atoms with Crippen LogP contribution in [0.5, 0.6) is 0 Å². The molecule has 86 valence electrons. The van der Waals surface area contributed by atoms with Crippen LogP contribution in [-0.2, 0) is 0 Å². The van der Waals surface area contributed by atoms with E-state index >= 15 is 0 Å². The Morgan fingerprint density at radius 2 is 2.12 bits per heavy atom. The standard InChI is InChI=1S/C13H11ClN2O/c1-8-3-2-4-9(5-8)12(17)11-6-10(14)7-16-13(11)15/h2-7H,1H3,(H2,15,16). The number of pyridine rings is 1. The van der Waals surface area contributed by atoms with E-state index in [4.69, 9.17) is 17.3 Å². The van der Waals surface area contributed by atoms with Crippen LogP contribution >= 0.6 is 11.6 Å². The van der Waals surface area contributed by atoms with E-state index in [1.54, 1.807) is 6.07 Å². The van der Waals surface area contributed by atoms with Gasteiger partial charge in [-0.2, -0.15) is 0 Å². The van der Waals surface area contributed by atoms with E-state index in [-0.39, 0.29) is 11.6 Å². The molecule has 0 aliphatic rings. The highest BCUT2D eigenvalue weighted by molar-refractivity contribution is 6.31. The second-order valence-corrected chi connectivity index (χ2v) is 4.22. The molecule has 0 atom stereocenters. The van der Waals surface area contributed by atoms with Crippen molar-refractivity contribution >= 4 is 23.2 Å². The molecule has 0 aliphatic heterocycles. The van der Waals surface area contributed by atoms with Gasteiger partial charge in [-0.05, 0) is 19.1 Å². The Bertz CT molecular complexity index is 581. The largest absolute Gasteiger partial charge is 0.383 e. The molecule has 0 saturated carbocycles. The summed E-state index contributed by atoms with van der Waals surface area (Å²) in [5.41, 5.74) is 7.61. The molecule has 0 fully saturated rings. The molecule has 17 heavy (non-hydrogen) atoms. The number of ketones is 1. The predicted octanol–water partition coefficient (Wildman–Crippen LogP) is 2.86. The van der Waals surface area contributed by atoms with Crippen molar-refractivity contribution in [3.05, 3.63) is 58.2 Å². The first-order valence-electron chi connectivity index (χ1n) is 5.10. The molecule has 2 aromatic rings. The quantitative estimate of drug-likeness (QED) is 0.829. The van der Waals surface area contributed by atoms with Crippen molar-refractivity contribution in [1.82, 2.24) is 4.98 Å². The molecule has 0 aliphatic carbocycles. The van der Waals surface area contributed by atoms with Gasteiger partial charge in [-0.25, -0.2) is 4.98 Å². The van der Waals surface area contributed by atoms with Gasteiger partial charge in [0, 0.05) is 11.8 Å². The fraction of sp³-hybridized carbons (Fsp3) is 0.0769. The number of hydrogen-bond acceptors (Lipinski definition) is 3. The average Bonchev–Trinajstić information content (AvgIpc) is 2.31. The van der Waals surface area contributed by atoms with Crippen molar-refractivity contribution in [1.29, 1.82) is 0 Å². The number of carbonyl (C=O) groups excluding carboxylic acids is 1. The Kier molecular flexibility index (Phi) is 3.11. The third kappa shape index (κ3) is 2.45. The molecule has 2 rings (SSSR count). The summed E-state index contributed by atoms with van der Waals surface area (Å²) in [6, 6.07) is 8.85. The minimum atomic E-state index is -0.166. The summed E-state index contributed by atoms with van der Waals surface area (Å²) in [5, 5.41) is 0.398. The van der Waals surface area contributed by atoms with Gasteiger partial charge in [-0.15, -0.1) is 0 Å². The molecule has 0 saturated heterocycles. The maximum atomic E-state index is 12.2. The predicted molar refractivity (Wildman–Crippen MR) is 68.3 cm³/mol. The van der Waals surface area contributed by atoms with Crippen molar-refractivity contribution < 1.29 is 4.79 Å². The molecule has 0 radical (unpaired) electrons. The first kappa shape index (κ1) is 11.6. The molecular formula is C13H11ClN2O. The number of anilines is 1. The number of rotatable bonds is 2. The molecule has 4 heteroatoms. The number of carbonyl (C=O) groups is 1. The van der Waals surface area contributed by atoms with Crippen LogP contribution in [0.25, 0.3) is 0 Å². The fourth-order valence-electron chi connectivity index (χ4n) is 1.57. The van der Waals surface area contributed by atoms with Gasteiger partial charge in [0.1, 0.15) is 5.82 Å². The van der Waals surface area contributed by atoms with E-state index in [1.807, 2.05) is 25.1 Å². The summed E-state index contributed by atoms with van der Waals surface area (Å²) in [4.78, 5) is 16.1. The van der Waals surface area contributed by atoms with Crippen LogP contribution in [0.4, 0.5) is 5.82 Å². The highest BCUT2D eigenvalue weighted by atomic mass is 35.5. The summed E-state index contributed by atoms with van der Waals surface area (Å²) in [5.74, 6) is 0.0297. The number of halogens is 1. The highest BCUT2D eigenvalue weighted by Crippen LogP contribution is 2.19. The summed E-state index contributed by atoms with van der Waals surface area (Å²) < 4.78 is 0. The third-order valence-corrected chi connectivity index (χ3v) is 2.62. The van der Waals surface area contributed by atoms with Crippen molar-refractivity contribution in [3.8, 4) is 0 Å². The molecule has 0 bridgehead atoms. The van der Waals surface area contributed by atoms with Crippen molar-refractivity contribution in [3.63, 3.8) is 0 Å². The summed E-state index contributed by atoms with van der Waals surface area (Å²) >= 11 is 5.81. The van der Waals surface area contributed by atoms with Gasteiger partial charge in [-0.3, -0.25) is 4.79 Å². The zero-order valence-corrected chi connectivity index (χ0v) is 10.0. The number of aromatic nitrogens is 1. The van der Waals surface area contributed by atoms with E-state index in [2.05, 4.69) is 4.98 Å². The van der Waals surface area contributed by atoms with E-state index in [0.29, 0.717) is 16.1 Å². The first-order valence-corrected chi connectivity index (χ1v) is 5.48. The Labute approximate surface area is 104 Å². The summed E-state index contributed by atoms with van der Waals surface area (Å²) in [6.07, 6.45) is 1.42. The minimum Gasteiger partial charge on any atom is -0.383 e. The second-order valence-electron chi connectivity index (χ2n) is 3.78.